The molecule has 0 bridgehead atoms. The van der Waals surface area contributed by atoms with Crippen molar-refractivity contribution < 1.29 is 13.6 Å². The van der Waals surface area contributed by atoms with Crippen molar-refractivity contribution in [2.45, 2.75) is 44.6 Å². The molecule has 3 heterocycles. The van der Waals surface area contributed by atoms with Gasteiger partial charge in [0.15, 0.2) is 5.82 Å². The summed E-state index contributed by atoms with van der Waals surface area (Å²) < 4.78 is 27.0. The molecule has 3 aromatic rings. The van der Waals surface area contributed by atoms with Crippen LogP contribution in [0.5, 0.6) is 0 Å². The first-order valence-electron chi connectivity index (χ1n) is 11.9. The number of alkyl halides is 2. The quantitative estimate of drug-likeness (QED) is 0.556. The number of fused-ring (bicyclic) bond motifs is 1. The maximum atomic E-state index is 13.5. The van der Waals surface area contributed by atoms with Gasteiger partial charge < -0.3 is 9.80 Å². The molecule has 2 fully saturated rings. The Balaban J connectivity index is 1.37. The summed E-state index contributed by atoms with van der Waals surface area (Å²) in [5.41, 5.74) is 2.15. The van der Waals surface area contributed by atoms with Crippen molar-refractivity contribution >= 4 is 22.5 Å². The number of anilines is 1. The third kappa shape index (κ3) is 4.53. The van der Waals surface area contributed by atoms with Crippen LogP contribution < -0.4 is 4.90 Å². The molecule has 1 aliphatic heterocycles. The van der Waals surface area contributed by atoms with Crippen molar-refractivity contribution in [3.8, 4) is 17.3 Å². The van der Waals surface area contributed by atoms with Crippen molar-refractivity contribution in [2.24, 2.45) is 5.92 Å². The van der Waals surface area contributed by atoms with Gasteiger partial charge in [-0.1, -0.05) is 12.1 Å². The molecule has 0 unspecified atom stereocenters. The van der Waals surface area contributed by atoms with Gasteiger partial charge in [0, 0.05) is 73.2 Å². The van der Waals surface area contributed by atoms with E-state index < -0.39 is 5.92 Å². The molecule has 1 amide bonds. The summed E-state index contributed by atoms with van der Waals surface area (Å²) in [6.07, 6.45) is 3.57. The molecule has 180 valence electrons. The van der Waals surface area contributed by atoms with Crippen molar-refractivity contribution in [1.29, 1.82) is 5.26 Å². The van der Waals surface area contributed by atoms with Crippen LogP contribution >= 0.6 is 0 Å². The molecule has 2 aromatic heterocycles. The molecular formula is C26H26F2N6O. The van der Waals surface area contributed by atoms with Gasteiger partial charge in [-0.05, 0) is 38.0 Å². The van der Waals surface area contributed by atoms with Crippen LogP contribution in [0.15, 0.2) is 42.7 Å². The second-order valence-corrected chi connectivity index (χ2v) is 9.44. The van der Waals surface area contributed by atoms with E-state index in [2.05, 4.69) is 26.2 Å². The Morgan fingerprint density at radius 2 is 1.83 bits per heavy atom. The Bertz CT molecular complexity index is 1280. The molecule has 7 nitrogen and oxygen atoms in total. The maximum Gasteiger partial charge on any atom is 0.248 e. The van der Waals surface area contributed by atoms with E-state index in [0.717, 1.165) is 16.3 Å². The fourth-order valence-corrected chi connectivity index (χ4v) is 5.13. The number of hydrogen-bond donors (Lipinski definition) is 0. The number of carbonyl (C=O) groups is 1. The molecule has 1 saturated heterocycles. The highest BCUT2D eigenvalue weighted by Gasteiger charge is 2.40. The average Bonchev–Trinajstić information content (AvgIpc) is 2.88. The normalized spacial score (nSPS) is 20.6. The molecule has 1 saturated carbocycles. The van der Waals surface area contributed by atoms with Gasteiger partial charge in [-0.2, -0.15) is 5.26 Å². The van der Waals surface area contributed by atoms with Gasteiger partial charge in [-0.3, -0.25) is 9.78 Å². The van der Waals surface area contributed by atoms with Crippen LogP contribution in [0.3, 0.4) is 0 Å². The minimum absolute atomic E-state index is 0.0132. The summed E-state index contributed by atoms with van der Waals surface area (Å²) in [6.45, 7) is 3.63. The zero-order chi connectivity index (χ0) is 24.6. The largest absolute Gasteiger partial charge is 0.348 e. The van der Waals surface area contributed by atoms with E-state index in [1.165, 1.54) is 0 Å². The van der Waals surface area contributed by atoms with Crippen molar-refractivity contribution in [3.05, 3.63) is 48.3 Å². The summed E-state index contributed by atoms with van der Waals surface area (Å²) in [5, 5.41) is 19.9. The minimum Gasteiger partial charge on any atom is -0.348 e. The molecule has 0 spiro atoms. The number of amides is 1. The fourth-order valence-electron chi connectivity index (χ4n) is 5.13. The van der Waals surface area contributed by atoms with Gasteiger partial charge in [0.05, 0.1) is 11.6 Å². The van der Waals surface area contributed by atoms with E-state index in [1.54, 1.807) is 24.5 Å². The number of hydrogen-bond acceptors (Lipinski definition) is 6. The van der Waals surface area contributed by atoms with Gasteiger partial charge in [-0.25, -0.2) is 8.78 Å². The second kappa shape index (κ2) is 9.17. The summed E-state index contributed by atoms with van der Waals surface area (Å²) in [6, 6.07) is 11.2. The van der Waals surface area contributed by atoms with Crippen molar-refractivity contribution in [1.82, 2.24) is 20.1 Å². The fraction of sp³-hybridized carbons (Fsp3) is 0.423. The molecular weight excluding hydrogens is 450 g/mol. The molecule has 0 N–H and O–H groups in total. The highest BCUT2D eigenvalue weighted by molar-refractivity contribution is 5.99. The predicted octanol–water partition coefficient (Wildman–Crippen LogP) is 4.43. The number of carbonyl (C=O) groups excluding carboxylic acids is 1. The maximum absolute atomic E-state index is 13.5. The van der Waals surface area contributed by atoms with E-state index in [-0.39, 0.29) is 43.6 Å². The average molecular weight is 477 g/mol. The van der Waals surface area contributed by atoms with Crippen LogP contribution in [0.25, 0.3) is 22.0 Å². The zero-order valence-electron chi connectivity index (χ0n) is 19.5. The molecule has 0 radical (unpaired) electrons. The lowest BCUT2D eigenvalue weighted by Gasteiger charge is -2.42. The summed E-state index contributed by atoms with van der Waals surface area (Å²) in [5.74, 6) is -2.26. The monoisotopic (exact) mass is 476 g/mol. The third-order valence-corrected chi connectivity index (χ3v) is 7.13. The number of rotatable bonds is 3. The number of nitriles is 1. The number of aromatic nitrogens is 3. The van der Waals surface area contributed by atoms with Crippen LogP contribution in [0.1, 0.15) is 38.2 Å². The Kier molecular flexibility index (Phi) is 6.05. The predicted molar refractivity (Wildman–Crippen MR) is 128 cm³/mol. The van der Waals surface area contributed by atoms with Crippen LogP contribution in [0.2, 0.25) is 0 Å². The highest BCUT2D eigenvalue weighted by Crippen LogP contribution is 2.37. The van der Waals surface area contributed by atoms with E-state index >= 15 is 0 Å². The lowest BCUT2D eigenvalue weighted by atomic mass is 9.85. The Hall–Kier alpha value is -3.67. The Morgan fingerprint density at radius 3 is 2.51 bits per heavy atom. The minimum atomic E-state index is -2.64. The smallest absolute Gasteiger partial charge is 0.248 e. The Morgan fingerprint density at radius 1 is 1.09 bits per heavy atom. The summed E-state index contributed by atoms with van der Waals surface area (Å²) in [7, 11) is 0. The van der Waals surface area contributed by atoms with Gasteiger partial charge in [0.2, 0.25) is 11.8 Å². The molecule has 1 atom stereocenters. The van der Waals surface area contributed by atoms with Crippen LogP contribution in [-0.4, -0.2) is 57.6 Å². The zero-order valence-corrected chi connectivity index (χ0v) is 19.5. The molecule has 9 heteroatoms. The van der Waals surface area contributed by atoms with Crippen molar-refractivity contribution in [2.75, 3.05) is 24.5 Å². The topological polar surface area (TPSA) is 86.0 Å². The summed E-state index contributed by atoms with van der Waals surface area (Å²) >= 11 is 0. The number of halogens is 2. The number of nitrogens with zero attached hydrogens (tertiary/aromatic N) is 6. The molecule has 2 aliphatic rings. The van der Waals surface area contributed by atoms with Crippen LogP contribution in [0, 0.1) is 17.2 Å². The van der Waals surface area contributed by atoms with E-state index in [0.29, 0.717) is 36.7 Å². The van der Waals surface area contributed by atoms with E-state index in [9.17, 15) is 13.6 Å². The van der Waals surface area contributed by atoms with Crippen molar-refractivity contribution in [3.63, 3.8) is 0 Å². The molecule has 5 rings (SSSR count). The standard InChI is InChI=1S/C26H26F2N6O/c1-17-16-33(25(35)20-6-9-26(27,28)10-7-20)12-13-34(17)24-22-15-30-11-8-21(22)23(31-32-24)19-4-2-18(14-29)3-5-19/h2-5,8,11,15,17,20H,6-7,9-10,12-13,16H2,1H3/t17-/m1/s1. The van der Waals surface area contributed by atoms with Gasteiger partial charge in [-0.15, -0.1) is 10.2 Å². The lowest BCUT2D eigenvalue weighted by molar-refractivity contribution is -0.140. The SMILES string of the molecule is C[C@@H]1CN(C(=O)C2CCC(F)(F)CC2)CCN1c1nnc(-c2ccc(C#N)cc2)c2ccncc12. The van der Waals surface area contributed by atoms with Gasteiger partial charge >= 0.3 is 0 Å². The first kappa shape index (κ1) is 23.1. The lowest BCUT2D eigenvalue weighted by Crippen LogP contribution is -2.55. The van der Waals surface area contributed by atoms with Gasteiger partial charge in [0.25, 0.3) is 0 Å². The molecule has 35 heavy (non-hydrogen) atoms. The number of benzene rings is 1. The highest BCUT2D eigenvalue weighted by atomic mass is 19.3. The van der Waals surface area contributed by atoms with E-state index in [1.807, 2.05) is 30.0 Å². The third-order valence-electron chi connectivity index (χ3n) is 7.13. The number of pyridine rings is 1. The van der Waals surface area contributed by atoms with Gasteiger partial charge in [0.1, 0.15) is 5.69 Å². The molecule has 1 aliphatic carbocycles. The number of piperazine rings is 1. The first-order chi connectivity index (χ1) is 16.9. The molecule has 1 aromatic carbocycles. The van der Waals surface area contributed by atoms with E-state index in [4.69, 9.17) is 5.26 Å². The van der Waals surface area contributed by atoms with Crippen LogP contribution in [0.4, 0.5) is 14.6 Å². The Labute approximate surface area is 202 Å². The second-order valence-electron chi connectivity index (χ2n) is 9.44. The first-order valence-corrected chi connectivity index (χ1v) is 11.9. The summed E-state index contributed by atoms with van der Waals surface area (Å²) in [4.78, 5) is 21.3. The van der Waals surface area contributed by atoms with Crippen LogP contribution in [-0.2, 0) is 4.79 Å².